The van der Waals surface area contributed by atoms with Crippen LogP contribution in [-0.2, 0) is 4.57 Å². The summed E-state index contributed by atoms with van der Waals surface area (Å²) >= 11 is 0. The molecule has 30 heavy (non-hydrogen) atoms. The summed E-state index contributed by atoms with van der Waals surface area (Å²) in [5, 5.41) is 17.4. The van der Waals surface area contributed by atoms with Gasteiger partial charge in [0.05, 0.1) is 11.1 Å². The van der Waals surface area contributed by atoms with E-state index in [9.17, 15) is 19.0 Å². The molecule has 0 radical (unpaired) electrons. The Kier molecular flexibility index (Phi) is 19.9. The van der Waals surface area contributed by atoms with Crippen molar-refractivity contribution in [3.63, 3.8) is 0 Å². The number of nitrogens with two attached hydrogens (primary N) is 2. The molecule has 160 valence electrons. The second-order valence-electron chi connectivity index (χ2n) is 5.84. The zero-order valence-corrected chi connectivity index (χ0v) is 20.1. The quantitative estimate of drug-likeness (QED) is 0.220. The molecule has 2 aromatic carbocycles. The zero-order valence-electron chi connectivity index (χ0n) is 17.1. The van der Waals surface area contributed by atoms with E-state index in [-0.39, 0.29) is 40.7 Å². The molecule has 0 bridgehead atoms. The predicted octanol–water partition coefficient (Wildman–Crippen LogP) is -1.30. The van der Waals surface area contributed by atoms with E-state index >= 15 is 0 Å². The van der Waals surface area contributed by atoms with Crippen molar-refractivity contribution >= 4 is 25.3 Å². The monoisotopic (exact) mass is 446 g/mol. The molecule has 1 unspecified atom stereocenters. The average Bonchev–Trinajstić information content (AvgIpc) is 2.73. The number of carboxylic acid groups (broad SMARTS) is 2. The molecule has 2 aromatic rings. The number of benzene rings is 2. The summed E-state index contributed by atoms with van der Waals surface area (Å²) in [5.41, 5.74) is 10.5. The fraction of sp³-hybridized carbons (Fsp3) is 0.300. The smallest absolute Gasteiger partial charge is 0.798 e. The van der Waals surface area contributed by atoms with Gasteiger partial charge in [-0.05, 0) is 49.4 Å². The number of carboxylic acids is 2. The Morgan fingerprint density at radius 3 is 1.53 bits per heavy atom. The van der Waals surface area contributed by atoms with Crippen molar-refractivity contribution in [1.82, 2.24) is 0 Å². The van der Waals surface area contributed by atoms with Crippen molar-refractivity contribution in [1.29, 1.82) is 0 Å². The summed E-state index contributed by atoms with van der Waals surface area (Å²) in [6.07, 6.45) is 4.79. The van der Waals surface area contributed by atoms with E-state index in [2.05, 4.69) is 0 Å². The van der Waals surface area contributed by atoms with Gasteiger partial charge in [-0.2, -0.15) is 0 Å². The molecule has 0 amide bonds. The van der Waals surface area contributed by atoms with Crippen LogP contribution in [0, 0.1) is 0 Å². The molecule has 0 spiro atoms. The molecule has 0 aliphatic heterocycles. The molecule has 10 heteroatoms. The topological polar surface area (TPSA) is 167 Å². The van der Waals surface area contributed by atoms with Crippen molar-refractivity contribution in [3.8, 4) is 0 Å². The molecule has 0 aliphatic rings. The Balaban J connectivity index is 0. The van der Waals surface area contributed by atoms with Crippen LogP contribution in [0.2, 0.25) is 0 Å². The summed E-state index contributed by atoms with van der Waals surface area (Å²) in [7, 11) is -2.71. The van der Waals surface area contributed by atoms with Crippen LogP contribution in [0.15, 0.2) is 54.6 Å². The number of hydrogen-bond acceptors (Lipinski definition) is 6. The van der Waals surface area contributed by atoms with E-state index in [0.29, 0.717) is 5.30 Å². The van der Waals surface area contributed by atoms with E-state index < -0.39 is 20.0 Å². The molecule has 0 aromatic heterocycles. The van der Waals surface area contributed by atoms with Crippen molar-refractivity contribution in [3.05, 3.63) is 65.7 Å². The van der Waals surface area contributed by atoms with Gasteiger partial charge in [-0.15, -0.1) is 0 Å². The van der Waals surface area contributed by atoms with Gasteiger partial charge in [0, 0.05) is 8.03 Å². The normalized spacial score (nSPS) is 10.2. The molecule has 0 fully saturated rings. The second kappa shape index (κ2) is 19.5. The third kappa shape index (κ3) is 15.3. The van der Waals surface area contributed by atoms with Crippen LogP contribution in [0.1, 0.15) is 46.4 Å². The standard InChI is InChI=1S/C8H6O4.C6H16N2.C6H7O2P.Na/c9-7(10)5-2-1-3-6(4-5)8(11)12;7-5-3-1-2-4-6-8;7-9(8)6-4-2-1-3-5-6;/h1-4H,(H,9,10)(H,11,12);1-8H2;1-5,9H,(H,7,8);/q;;;+1/p-1. The van der Waals surface area contributed by atoms with Crippen molar-refractivity contribution in [2.24, 2.45) is 11.5 Å². The third-order valence-electron chi connectivity index (χ3n) is 3.52. The van der Waals surface area contributed by atoms with Crippen LogP contribution in [0.4, 0.5) is 0 Å². The SMILES string of the molecule is NCCCCCCN.O=C(O)c1cccc(C(=O)O)c1.O=[PH]([O-])c1ccccc1.[Na+]. The fourth-order valence-corrected chi connectivity index (χ4v) is 2.47. The van der Waals surface area contributed by atoms with Crippen molar-refractivity contribution in [2.45, 2.75) is 25.7 Å². The van der Waals surface area contributed by atoms with Gasteiger partial charge in [0.1, 0.15) is 0 Å². The van der Waals surface area contributed by atoms with Crippen molar-refractivity contribution < 1.29 is 58.8 Å². The fourth-order valence-electron chi connectivity index (χ4n) is 2.00. The van der Waals surface area contributed by atoms with Crippen LogP contribution in [0.3, 0.4) is 0 Å². The van der Waals surface area contributed by atoms with Gasteiger partial charge in [-0.3, -0.25) is 0 Å². The minimum atomic E-state index is -2.71. The maximum absolute atomic E-state index is 10.4. The van der Waals surface area contributed by atoms with E-state index in [1.54, 1.807) is 30.3 Å². The van der Waals surface area contributed by atoms with E-state index in [1.807, 2.05) is 0 Å². The minimum absolute atomic E-state index is 0. The van der Waals surface area contributed by atoms with Crippen molar-refractivity contribution in [2.75, 3.05) is 13.1 Å². The van der Waals surface area contributed by atoms with Crippen LogP contribution < -0.4 is 51.2 Å². The molecular weight excluding hydrogens is 418 g/mol. The minimum Gasteiger partial charge on any atom is -0.798 e. The maximum atomic E-state index is 10.4. The van der Waals surface area contributed by atoms with Gasteiger partial charge in [-0.25, -0.2) is 9.59 Å². The Morgan fingerprint density at radius 1 is 0.800 bits per heavy atom. The summed E-state index contributed by atoms with van der Waals surface area (Å²) in [5.74, 6) is -2.25. The number of unbranched alkanes of at least 4 members (excludes halogenated alkanes) is 3. The molecule has 6 N–H and O–H groups in total. The van der Waals surface area contributed by atoms with Crippen LogP contribution in [-0.4, -0.2) is 35.2 Å². The first kappa shape index (κ1) is 30.7. The van der Waals surface area contributed by atoms with E-state index in [4.69, 9.17) is 21.7 Å². The molecule has 0 saturated heterocycles. The zero-order chi connectivity index (χ0) is 22.1. The van der Waals surface area contributed by atoms with Gasteiger partial charge in [0.2, 0.25) is 0 Å². The van der Waals surface area contributed by atoms with Crippen LogP contribution in [0.25, 0.3) is 0 Å². The van der Waals surface area contributed by atoms with E-state index in [0.717, 1.165) is 32.0 Å². The first-order valence-electron chi connectivity index (χ1n) is 9.06. The third-order valence-corrected chi connectivity index (χ3v) is 4.33. The average molecular weight is 446 g/mol. The first-order chi connectivity index (χ1) is 13.8. The van der Waals surface area contributed by atoms with Gasteiger partial charge >= 0.3 is 41.5 Å². The molecule has 1 atom stereocenters. The maximum Gasteiger partial charge on any atom is 1.00 e. The van der Waals surface area contributed by atoms with Crippen LogP contribution in [0.5, 0.6) is 0 Å². The van der Waals surface area contributed by atoms with Gasteiger partial charge in [0.25, 0.3) is 0 Å². The number of aromatic carboxylic acids is 2. The molecule has 0 aliphatic carbocycles. The number of carbonyl (C=O) groups is 2. The molecule has 0 heterocycles. The summed E-state index contributed by atoms with van der Waals surface area (Å²) in [6.45, 7) is 1.65. The number of hydrogen-bond donors (Lipinski definition) is 4. The Morgan fingerprint density at radius 2 is 1.23 bits per heavy atom. The number of rotatable bonds is 8. The summed E-state index contributed by atoms with van der Waals surface area (Å²) in [6, 6.07) is 13.5. The van der Waals surface area contributed by atoms with E-state index in [1.165, 1.54) is 31.0 Å². The Hall–Kier alpha value is -1.51. The molecule has 8 nitrogen and oxygen atoms in total. The van der Waals surface area contributed by atoms with Gasteiger partial charge in [0.15, 0.2) is 0 Å². The molecular formula is C20H28N2NaO6P. The van der Waals surface area contributed by atoms with Gasteiger partial charge < -0.3 is 31.1 Å². The second-order valence-corrected chi connectivity index (χ2v) is 6.99. The van der Waals surface area contributed by atoms with Crippen LogP contribution >= 0.6 is 8.03 Å². The largest absolute Gasteiger partial charge is 1.00 e. The first-order valence-corrected chi connectivity index (χ1v) is 10.4. The Bertz CT molecular complexity index is 727. The molecule has 2 rings (SSSR count). The Labute approximate surface area is 199 Å². The predicted molar refractivity (Wildman–Crippen MR) is 112 cm³/mol. The molecule has 0 saturated carbocycles. The summed E-state index contributed by atoms with van der Waals surface area (Å²) in [4.78, 5) is 31.0. The van der Waals surface area contributed by atoms with Gasteiger partial charge in [-0.1, -0.05) is 49.2 Å². The summed E-state index contributed by atoms with van der Waals surface area (Å²) < 4.78 is 10.3.